The first kappa shape index (κ1) is 25.0. The summed E-state index contributed by atoms with van der Waals surface area (Å²) in [6.07, 6.45) is 0. The Labute approximate surface area is 202 Å². The molecule has 8 nitrogen and oxygen atoms in total. The maximum Gasteiger partial charge on any atom is 0.339 e. The van der Waals surface area contributed by atoms with Gasteiger partial charge < -0.3 is 14.8 Å². The molecule has 1 heterocycles. The second-order valence-corrected chi connectivity index (χ2v) is 8.41. The van der Waals surface area contributed by atoms with Crippen LogP contribution < -0.4 is 5.32 Å². The first-order valence-corrected chi connectivity index (χ1v) is 11.1. The minimum absolute atomic E-state index is 0.156. The lowest BCUT2D eigenvalue weighted by molar-refractivity contribution is -0.117. The summed E-state index contributed by atoms with van der Waals surface area (Å²) in [6, 6.07) is 9.89. The second-order valence-electron chi connectivity index (χ2n) is 7.59. The molecule has 176 valence electrons. The summed E-state index contributed by atoms with van der Waals surface area (Å²) in [7, 11) is 2.51. The largest absolute Gasteiger partial charge is 0.465 e. The Kier molecular flexibility index (Phi) is 8.68. The Morgan fingerprint density at radius 1 is 0.879 bits per heavy atom. The molecule has 1 N–H and O–H groups in total. The molecule has 0 aromatic heterocycles. The van der Waals surface area contributed by atoms with E-state index in [4.69, 9.17) is 32.7 Å². The zero-order chi connectivity index (χ0) is 24.0. The van der Waals surface area contributed by atoms with E-state index in [2.05, 4.69) is 10.2 Å². The Bertz CT molecular complexity index is 1040. The monoisotopic (exact) mass is 493 g/mol. The zero-order valence-corrected chi connectivity index (χ0v) is 19.9. The number of hydrogen-bond acceptors (Lipinski definition) is 7. The summed E-state index contributed by atoms with van der Waals surface area (Å²) in [5.74, 6) is -1.47. The number of nitrogens with zero attached hydrogens (tertiary/aromatic N) is 2. The number of halogens is 2. The number of ether oxygens (including phenoxy) is 2. The van der Waals surface area contributed by atoms with Crippen LogP contribution in [-0.4, -0.2) is 74.6 Å². The van der Waals surface area contributed by atoms with Gasteiger partial charge in [0.25, 0.3) is 0 Å². The highest BCUT2D eigenvalue weighted by Crippen LogP contribution is 2.24. The number of amides is 1. The number of nitrogens with one attached hydrogen (secondary N) is 1. The van der Waals surface area contributed by atoms with Gasteiger partial charge in [0.15, 0.2) is 0 Å². The number of esters is 2. The van der Waals surface area contributed by atoms with Crippen molar-refractivity contribution < 1.29 is 23.9 Å². The molecule has 0 spiro atoms. The Balaban J connectivity index is 1.57. The molecule has 0 aliphatic carbocycles. The number of methoxy groups -OCH3 is 2. The highest BCUT2D eigenvalue weighted by Gasteiger charge is 2.21. The van der Waals surface area contributed by atoms with Crippen LogP contribution in [0.4, 0.5) is 5.69 Å². The predicted octanol–water partition coefficient (Wildman–Crippen LogP) is 3.32. The van der Waals surface area contributed by atoms with Crippen molar-refractivity contribution in [2.24, 2.45) is 0 Å². The van der Waals surface area contributed by atoms with Crippen molar-refractivity contribution >= 4 is 46.7 Å². The molecule has 1 aliphatic heterocycles. The van der Waals surface area contributed by atoms with Crippen molar-refractivity contribution in [1.29, 1.82) is 0 Å². The fourth-order valence-electron chi connectivity index (χ4n) is 3.57. The molecule has 1 fully saturated rings. The molecule has 0 bridgehead atoms. The van der Waals surface area contributed by atoms with Crippen LogP contribution in [0.3, 0.4) is 0 Å². The quantitative estimate of drug-likeness (QED) is 0.591. The molecule has 2 aromatic rings. The van der Waals surface area contributed by atoms with E-state index < -0.39 is 11.9 Å². The van der Waals surface area contributed by atoms with Crippen LogP contribution in [0.15, 0.2) is 36.4 Å². The smallest absolute Gasteiger partial charge is 0.339 e. The lowest BCUT2D eigenvalue weighted by Gasteiger charge is -2.34. The normalized spacial score (nSPS) is 14.5. The topological polar surface area (TPSA) is 88.2 Å². The van der Waals surface area contributed by atoms with Crippen molar-refractivity contribution in [3.63, 3.8) is 0 Å². The van der Waals surface area contributed by atoms with E-state index in [-0.39, 0.29) is 29.3 Å². The number of benzene rings is 2. The van der Waals surface area contributed by atoms with Crippen LogP contribution >= 0.6 is 23.2 Å². The van der Waals surface area contributed by atoms with Gasteiger partial charge in [0.2, 0.25) is 5.91 Å². The lowest BCUT2D eigenvalue weighted by atomic mass is 10.1. The van der Waals surface area contributed by atoms with Gasteiger partial charge in [-0.05, 0) is 35.9 Å². The molecule has 3 rings (SSSR count). The van der Waals surface area contributed by atoms with E-state index in [9.17, 15) is 14.4 Å². The second kappa shape index (κ2) is 11.5. The first-order valence-electron chi connectivity index (χ1n) is 10.3. The maximum atomic E-state index is 12.7. The average molecular weight is 494 g/mol. The molecule has 1 saturated heterocycles. The van der Waals surface area contributed by atoms with Gasteiger partial charge in [-0.1, -0.05) is 29.3 Å². The number of piperazine rings is 1. The molecule has 33 heavy (non-hydrogen) atoms. The van der Waals surface area contributed by atoms with Gasteiger partial charge in [-0.15, -0.1) is 0 Å². The van der Waals surface area contributed by atoms with Crippen molar-refractivity contribution in [1.82, 2.24) is 9.80 Å². The molecule has 0 unspecified atom stereocenters. The van der Waals surface area contributed by atoms with Crippen LogP contribution in [0, 0.1) is 0 Å². The van der Waals surface area contributed by atoms with Crippen molar-refractivity contribution in [3.8, 4) is 0 Å². The third-order valence-corrected chi connectivity index (χ3v) is 6.08. The molecular weight excluding hydrogens is 469 g/mol. The fraction of sp³-hybridized carbons (Fsp3) is 0.348. The van der Waals surface area contributed by atoms with Crippen LogP contribution in [0.1, 0.15) is 26.3 Å². The van der Waals surface area contributed by atoms with Gasteiger partial charge in [0, 0.05) is 32.7 Å². The van der Waals surface area contributed by atoms with Crippen LogP contribution in [0.5, 0.6) is 0 Å². The van der Waals surface area contributed by atoms with E-state index in [1.165, 1.54) is 32.4 Å². The molecule has 1 aliphatic rings. The SMILES string of the molecule is COC(=O)c1ccc(C(=O)OC)c(NC(=O)CN2CCN(Cc3ccc(Cl)c(Cl)c3)CC2)c1. The van der Waals surface area contributed by atoms with E-state index >= 15 is 0 Å². The van der Waals surface area contributed by atoms with Gasteiger partial charge in [0.05, 0.1) is 47.6 Å². The highest BCUT2D eigenvalue weighted by molar-refractivity contribution is 6.42. The number of anilines is 1. The third kappa shape index (κ3) is 6.68. The Morgan fingerprint density at radius 2 is 1.55 bits per heavy atom. The molecule has 2 aromatic carbocycles. The minimum atomic E-state index is -0.613. The first-order chi connectivity index (χ1) is 15.8. The van der Waals surface area contributed by atoms with Crippen LogP contribution in [0.25, 0.3) is 0 Å². The van der Waals surface area contributed by atoms with Gasteiger partial charge in [0.1, 0.15) is 0 Å². The summed E-state index contributed by atoms with van der Waals surface area (Å²) < 4.78 is 9.49. The van der Waals surface area contributed by atoms with Gasteiger partial charge in [-0.3, -0.25) is 14.6 Å². The van der Waals surface area contributed by atoms with Crippen LogP contribution in [-0.2, 0) is 20.8 Å². The van der Waals surface area contributed by atoms with E-state index in [0.29, 0.717) is 23.1 Å². The minimum Gasteiger partial charge on any atom is -0.465 e. The Hall–Kier alpha value is -2.65. The molecular formula is C23H25Cl2N3O5. The Morgan fingerprint density at radius 3 is 2.18 bits per heavy atom. The van der Waals surface area contributed by atoms with Gasteiger partial charge >= 0.3 is 11.9 Å². The summed E-state index contributed by atoms with van der Waals surface area (Å²) in [4.78, 5) is 40.9. The standard InChI is InChI=1S/C23H25Cl2N3O5/c1-32-22(30)16-4-5-17(23(31)33-2)20(12-16)26-21(29)14-28-9-7-27(8-10-28)13-15-3-6-18(24)19(25)11-15/h3-6,11-12H,7-10,13-14H2,1-2H3,(H,26,29). The molecule has 0 radical (unpaired) electrons. The van der Waals surface area contributed by atoms with E-state index in [0.717, 1.165) is 25.2 Å². The lowest BCUT2D eigenvalue weighted by Crippen LogP contribution is -2.48. The van der Waals surface area contributed by atoms with Crippen LogP contribution in [0.2, 0.25) is 10.0 Å². The van der Waals surface area contributed by atoms with Crippen molar-refractivity contribution in [2.45, 2.75) is 6.54 Å². The zero-order valence-electron chi connectivity index (χ0n) is 18.4. The number of carbonyl (C=O) groups is 3. The molecule has 0 atom stereocenters. The number of rotatable bonds is 7. The van der Waals surface area contributed by atoms with Gasteiger partial charge in [-0.2, -0.15) is 0 Å². The predicted molar refractivity (Wildman–Crippen MR) is 126 cm³/mol. The summed E-state index contributed by atoms with van der Waals surface area (Å²) in [5.41, 5.74) is 1.66. The summed E-state index contributed by atoms with van der Waals surface area (Å²) >= 11 is 12.1. The number of carbonyl (C=O) groups excluding carboxylic acids is 3. The van der Waals surface area contributed by atoms with Gasteiger partial charge in [-0.25, -0.2) is 9.59 Å². The summed E-state index contributed by atoms with van der Waals surface area (Å²) in [6.45, 7) is 3.91. The molecule has 0 saturated carbocycles. The average Bonchev–Trinajstić information content (AvgIpc) is 2.81. The highest BCUT2D eigenvalue weighted by atomic mass is 35.5. The van der Waals surface area contributed by atoms with E-state index in [1.54, 1.807) is 6.07 Å². The molecule has 10 heteroatoms. The van der Waals surface area contributed by atoms with Crippen molar-refractivity contribution in [2.75, 3.05) is 52.3 Å². The fourth-order valence-corrected chi connectivity index (χ4v) is 3.90. The molecule has 1 amide bonds. The maximum absolute atomic E-state index is 12.7. The summed E-state index contributed by atoms with van der Waals surface area (Å²) in [5, 5.41) is 3.79. The van der Waals surface area contributed by atoms with Crippen molar-refractivity contribution in [3.05, 3.63) is 63.1 Å². The number of hydrogen-bond donors (Lipinski definition) is 1. The third-order valence-electron chi connectivity index (χ3n) is 5.34. The van der Waals surface area contributed by atoms with E-state index in [1.807, 2.05) is 17.0 Å².